The summed E-state index contributed by atoms with van der Waals surface area (Å²) in [7, 11) is 1.97. The molecule has 18 heavy (non-hydrogen) atoms. The largest absolute Gasteiger partial charge is 0.469 e. The molecule has 0 spiro atoms. The van der Waals surface area contributed by atoms with Crippen LogP contribution in [0.4, 0.5) is 0 Å². The molecular weight excluding hydrogens is 228 g/mol. The number of rotatable bonds is 7. The second kappa shape index (κ2) is 6.35. The van der Waals surface area contributed by atoms with E-state index in [-0.39, 0.29) is 6.04 Å². The summed E-state index contributed by atoms with van der Waals surface area (Å²) in [6.07, 6.45) is 6.51. The Kier molecular flexibility index (Phi) is 4.52. The predicted octanol–water partition coefficient (Wildman–Crippen LogP) is 2.17. The first-order valence-corrected chi connectivity index (χ1v) is 6.43. The van der Waals surface area contributed by atoms with Crippen LogP contribution >= 0.6 is 0 Å². The van der Waals surface area contributed by atoms with Gasteiger partial charge < -0.3 is 9.73 Å². The third kappa shape index (κ3) is 2.98. The average Bonchev–Trinajstić information content (AvgIpc) is 3.02. The summed E-state index contributed by atoms with van der Waals surface area (Å²) in [5.41, 5.74) is 1.14. The maximum atomic E-state index is 5.36. The highest BCUT2D eigenvalue weighted by Gasteiger charge is 2.15. The van der Waals surface area contributed by atoms with Crippen LogP contribution in [0, 0.1) is 0 Å². The third-order valence-electron chi connectivity index (χ3n) is 3.05. The van der Waals surface area contributed by atoms with Crippen molar-refractivity contribution in [3.8, 4) is 0 Å². The topological polar surface area (TPSA) is 55.9 Å². The Bertz CT molecular complexity index is 449. The van der Waals surface area contributed by atoms with Gasteiger partial charge in [-0.15, -0.1) is 5.10 Å². The molecule has 5 heteroatoms. The lowest BCUT2D eigenvalue weighted by Gasteiger charge is -2.16. The van der Waals surface area contributed by atoms with E-state index in [1.807, 2.05) is 30.1 Å². The van der Waals surface area contributed by atoms with Crippen molar-refractivity contribution >= 4 is 0 Å². The molecule has 0 fully saturated rings. The summed E-state index contributed by atoms with van der Waals surface area (Å²) in [4.78, 5) is 0. The van der Waals surface area contributed by atoms with Crippen molar-refractivity contribution in [2.45, 2.75) is 38.8 Å². The second-order valence-electron chi connectivity index (χ2n) is 4.34. The average molecular weight is 248 g/mol. The molecule has 2 aromatic rings. The van der Waals surface area contributed by atoms with Crippen LogP contribution in [0.15, 0.2) is 29.0 Å². The van der Waals surface area contributed by atoms with Crippen molar-refractivity contribution < 1.29 is 4.42 Å². The highest BCUT2D eigenvalue weighted by molar-refractivity contribution is 5.05. The number of aryl methyl sites for hydroxylation is 2. The zero-order valence-electron chi connectivity index (χ0n) is 11.0. The molecule has 1 N–H and O–H groups in total. The first-order valence-electron chi connectivity index (χ1n) is 6.43. The first kappa shape index (κ1) is 12.8. The molecule has 2 heterocycles. The number of nitrogens with zero attached hydrogens (tertiary/aromatic N) is 3. The summed E-state index contributed by atoms with van der Waals surface area (Å²) in [5, 5.41) is 11.5. The summed E-state index contributed by atoms with van der Waals surface area (Å²) in [5.74, 6) is 1.02. The van der Waals surface area contributed by atoms with Crippen LogP contribution in [-0.2, 0) is 13.0 Å². The molecule has 0 aliphatic carbocycles. The standard InChI is InChI=1S/C13H20N4O/c1-3-8-17-13(10-15-16-17)12(14-2)7-6-11-5-4-9-18-11/h4-5,9-10,12,14H,3,6-8H2,1-2H3. The Hall–Kier alpha value is -1.62. The molecule has 1 atom stereocenters. The summed E-state index contributed by atoms with van der Waals surface area (Å²) >= 11 is 0. The molecule has 0 aromatic carbocycles. The van der Waals surface area contributed by atoms with Crippen molar-refractivity contribution in [2.75, 3.05) is 7.05 Å². The van der Waals surface area contributed by atoms with Crippen molar-refractivity contribution in [3.63, 3.8) is 0 Å². The first-order chi connectivity index (χ1) is 8.85. The van der Waals surface area contributed by atoms with Crippen molar-refractivity contribution in [1.29, 1.82) is 0 Å². The normalized spacial score (nSPS) is 12.8. The van der Waals surface area contributed by atoms with Crippen LogP contribution in [0.5, 0.6) is 0 Å². The van der Waals surface area contributed by atoms with Crippen LogP contribution < -0.4 is 5.32 Å². The van der Waals surface area contributed by atoms with E-state index in [1.54, 1.807) is 6.26 Å². The lowest BCUT2D eigenvalue weighted by molar-refractivity contribution is 0.443. The molecule has 0 aliphatic rings. The monoisotopic (exact) mass is 248 g/mol. The van der Waals surface area contributed by atoms with Crippen LogP contribution in [-0.4, -0.2) is 22.0 Å². The molecule has 0 aliphatic heterocycles. The van der Waals surface area contributed by atoms with Gasteiger partial charge in [-0.2, -0.15) is 0 Å². The molecular formula is C13H20N4O. The lowest BCUT2D eigenvalue weighted by atomic mass is 10.1. The van der Waals surface area contributed by atoms with Crippen LogP contribution in [0.3, 0.4) is 0 Å². The Morgan fingerprint density at radius 1 is 1.50 bits per heavy atom. The van der Waals surface area contributed by atoms with Crippen molar-refractivity contribution in [1.82, 2.24) is 20.3 Å². The number of hydrogen-bond donors (Lipinski definition) is 1. The fraction of sp³-hybridized carbons (Fsp3) is 0.538. The zero-order chi connectivity index (χ0) is 12.8. The third-order valence-corrected chi connectivity index (χ3v) is 3.05. The van der Waals surface area contributed by atoms with E-state index in [0.717, 1.165) is 37.3 Å². The minimum atomic E-state index is 0.261. The summed E-state index contributed by atoms with van der Waals surface area (Å²) in [6, 6.07) is 4.19. The molecule has 98 valence electrons. The van der Waals surface area contributed by atoms with Crippen molar-refractivity contribution in [2.24, 2.45) is 0 Å². The summed E-state index contributed by atoms with van der Waals surface area (Å²) < 4.78 is 7.33. The van der Waals surface area contributed by atoms with Crippen LogP contribution in [0.25, 0.3) is 0 Å². The van der Waals surface area contributed by atoms with E-state index < -0.39 is 0 Å². The van der Waals surface area contributed by atoms with Gasteiger partial charge in [0.1, 0.15) is 5.76 Å². The Labute approximate surface area is 107 Å². The fourth-order valence-corrected chi connectivity index (χ4v) is 2.10. The maximum Gasteiger partial charge on any atom is 0.103 e. The van der Waals surface area contributed by atoms with Gasteiger partial charge in [0.05, 0.1) is 24.2 Å². The number of nitrogens with one attached hydrogen (secondary N) is 1. The molecule has 2 aromatic heterocycles. The molecule has 5 nitrogen and oxygen atoms in total. The molecule has 0 bridgehead atoms. The molecule has 2 rings (SSSR count). The van der Waals surface area contributed by atoms with Crippen molar-refractivity contribution in [3.05, 3.63) is 36.0 Å². The Morgan fingerprint density at radius 2 is 2.39 bits per heavy atom. The van der Waals surface area contributed by atoms with E-state index in [9.17, 15) is 0 Å². The highest BCUT2D eigenvalue weighted by atomic mass is 16.3. The number of aromatic nitrogens is 3. The quantitative estimate of drug-likeness (QED) is 0.816. The molecule has 0 amide bonds. The van der Waals surface area contributed by atoms with Gasteiger partial charge in [-0.25, -0.2) is 4.68 Å². The maximum absolute atomic E-state index is 5.36. The van der Waals surface area contributed by atoms with E-state index >= 15 is 0 Å². The smallest absolute Gasteiger partial charge is 0.103 e. The van der Waals surface area contributed by atoms with E-state index in [1.165, 1.54) is 0 Å². The van der Waals surface area contributed by atoms with Gasteiger partial charge in [0.25, 0.3) is 0 Å². The van der Waals surface area contributed by atoms with E-state index in [4.69, 9.17) is 4.42 Å². The zero-order valence-corrected chi connectivity index (χ0v) is 11.0. The van der Waals surface area contributed by atoms with Gasteiger partial charge in [-0.3, -0.25) is 0 Å². The minimum absolute atomic E-state index is 0.261. The van der Waals surface area contributed by atoms with Gasteiger partial charge in [0, 0.05) is 13.0 Å². The highest BCUT2D eigenvalue weighted by Crippen LogP contribution is 2.18. The molecule has 0 radical (unpaired) electrons. The van der Waals surface area contributed by atoms with Gasteiger partial charge in [0.15, 0.2) is 0 Å². The van der Waals surface area contributed by atoms with Gasteiger partial charge in [-0.1, -0.05) is 12.1 Å². The fourth-order valence-electron chi connectivity index (χ4n) is 2.10. The number of hydrogen-bond acceptors (Lipinski definition) is 4. The van der Waals surface area contributed by atoms with Gasteiger partial charge in [-0.05, 0) is 32.0 Å². The van der Waals surface area contributed by atoms with Crippen LogP contribution in [0.1, 0.15) is 37.3 Å². The van der Waals surface area contributed by atoms with Crippen LogP contribution in [0.2, 0.25) is 0 Å². The predicted molar refractivity (Wildman–Crippen MR) is 69.1 cm³/mol. The van der Waals surface area contributed by atoms with E-state index in [0.29, 0.717) is 0 Å². The SMILES string of the molecule is CCCn1nncc1C(CCc1ccco1)NC. The lowest BCUT2D eigenvalue weighted by Crippen LogP contribution is -2.21. The molecule has 1 unspecified atom stereocenters. The Balaban J connectivity index is 2.01. The van der Waals surface area contributed by atoms with E-state index in [2.05, 4.69) is 22.6 Å². The minimum Gasteiger partial charge on any atom is -0.469 e. The second-order valence-corrected chi connectivity index (χ2v) is 4.34. The Morgan fingerprint density at radius 3 is 3.06 bits per heavy atom. The number of furan rings is 1. The summed E-state index contributed by atoms with van der Waals surface area (Å²) in [6.45, 7) is 3.05. The molecule has 0 saturated carbocycles. The van der Waals surface area contributed by atoms with Gasteiger partial charge >= 0.3 is 0 Å². The van der Waals surface area contributed by atoms with Gasteiger partial charge in [0.2, 0.25) is 0 Å². The molecule has 0 saturated heterocycles.